The van der Waals surface area contributed by atoms with E-state index >= 15 is 0 Å². The maximum atomic E-state index is 11.1. The minimum atomic E-state index is -0.281. The maximum Gasteiger partial charge on any atom is 0.308 e. The highest BCUT2D eigenvalue weighted by Gasteiger charge is 2.17. The molecule has 13 heavy (non-hydrogen) atoms. The summed E-state index contributed by atoms with van der Waals surface area (Å²) in [6, 6.07) is 0. The number of rotatable bonds is 4. The number of ether oxygens (including phenoxy) is 2. The van der Waals surface area contributed by atoms with E-state index in [9.17, 15) is 4.79 Å². The van der Waals surface area contributed by atoms with Gasteiger partial charge >= 0.3 is 5.97 Å². The minimum absolute atomic E-state index is 0.147. The minimum Gasteiger partial charge on any atom is -0.436 e. The van der Waals surface area contributed by atoms with E-state index in [2.05, 4.69) is 15.9 Å². The fraction of sp³-hybridized carbons (Fsp3) is 0.889. The Morgan fingerprint density at radius 2 is 2.38 bits per heavy atom. The van der Waals surface area contributed by atoms with Gasteiger partial charge in [-0.05, 0) is 19.3 Å². The monoisotopic (exact) mass is 250 g/mol. The Bertz CT molecular complexity index is 155. The van der Waals surface area contributed by atoms with Crippen LogP contribution in [0.25, 0.3) is 0 Å². The first-order valence-electron chi connectivity index (χ1n) is 4.70. The van der Waals surface area contributed by atoms with Crippen molar-refractivity contribution in [2.45, 2.75) is 38.4 Å². The van der Waals surface area contributed by atoms with E-state index in [1.165, 1.54) is 0 Å². The average Bonchev–Trinajstić information content (AvgIpc) is 2.16. The summed E-state index contributed by atoms with van der Waals surface area (Å²) in [7, 11) is 0. The Hall–Kier alpha value is -0.0900. The number of alkyl halides is 1. The van der Waals surface area contributed by atoms with E-state index in [1.54, 1.807) is 0 Å². The molecule has 0 aromatic carbocycles. The van der Waals surface area contributed by atoms with Crippen LogP contribution in [-0.4, -0.2) is 24.2 Å². The molecule has 0 N–H and O–H groups in total. The quantitative estimate of drug-likeness (QED) is 0.567. The van der Waals surface area contributed by atoms with E-state index in [1.807, 2.05) is 0 Å². The van der Waals surface area contributed by atoms with Gasteiger partial charge in [0, 0.05) is 18.2 Å². The van der Waals surface area contributed by atoms with Gasteiger partial charge in [-0.2, -0.15) is 0 Å². The topological polar surface area (TPSA) is 35.5 Å². The molecule has 1 heterocycles. The first-order valence-corrected chi connectivity index (χ1v) is 5.82. The lowest BCUT2D eigenvalue weighted by Gasteiger charge is -2.22. The average molecular weight is 251 g/mol. The van der Waals surface area contributed by atoms with Crippen LogP contribution >= 0.6 is 15.9 Å². The molecule has 1 aliphatic heterocycles. The Morgan fingerprint density at radius 1 is 1.54 bits per heavy atom. The van der Waals surface area contributed by atoms with Crippen LogP contribution in [-0.2, 0) is 14.3 Å². The molecule has 0 aromatic rings. The van der Waals surface area contributed by atoms with Gasteiger partial charge in [0.05, 0.1) is 6.61 Å². The maximum absolute atomic E-state index is 11.1. The molecule has 0 radical (unpaired) electrons. The second kappa shape index (κ2) is 6.38. The van der Waals surface area contributed by atoms with Crippen LogP contribution < -0.4 is 0 Å². The van der Waals surface area contributed by atoms with Gasteiger partial charge in [0.25, 0.3) is 0 Å². The summed E-state index contributed by atoms with van der Waals surface area (Å²) in [5, 5.41) is 0.841. The smallest absolute Gasteiger partial charge is 0.308 e. The van der Waals surface area contributed by atoms with Crippen molar-refractivity contribution in [1.29, 1.82) is 0 Å². The summed E-state index contributed by atoms with van der Waals surface area (Å²) >= 11 is 3.26. The van der Waals surface area contributed by atoms with Crippen LogP contribution in [0.3, 0.4) is 0 Å². The molecule has 4 heteroatoms. The molecule has 1 saturated heterocycles. The Balaban J connectivity index is 2.11. The van der Waals surface area contributed by atoms with Gasteiger partial charge in [-0.25, -0.2) is 0 Å². The van der Waals surface area contributed by atoms with Gasteiger partial charge < -0.3 is 9.47 Å². The van der Waals surface area contributed by atoms with Gasteiger partial charge in [-0.1, -0.05) is 15.9 Å². The predicted molar refractivity (Wildman–Crippen MR) is 52.7 cm³/mol. The second-order valence-electron chi connectivity index (χ2n) is 3.08. The number of carbonyl (C=O) groups excluding carboxylic acids is 1. The number of hydrogen-bond acceptors (Lipinski definition) is 3. The lowest BCUT2D eigenvalue weighted by molar-refractivity contribution is -0.186. The largest absolute Gasteiger partial charge is 0.436 e. The molecule has 1 rings (SSSR count). The zero-order valence-corrected chi connectivity index (χ0v) is 9.22. The summed E-state index contributed by atoms with van der Waals surface area (Å²) in [6.45, 7) is 0.719. The summed E-state index contributed by atoms with van der Waals surface area (Å²) < 4.78 is 10.4. The normalized spacial score (nSPS) is 22.7. The Morgan fingerprint density at radius 3 is 3.00 bits per heavy atom. The molecule has 0 aromatic heterocycles. The molecule has 3 nitrogen and oxygen atoms in total. The Labute approximate surface area is 86.9 Å². The molecule has 0 spiro atoms. The highest BCUT2D eigenvalue weighted by Crippen LogP contribution is 2.14. The van der Waals surface area contributed by atoms with Gasteiger partial charge in [-0.3, -0.25) is 4.79 Å². The third-order valence-electron chi connectivity index (χ3n) is 1.92. The molecule has 1 fully saturated rings. The fourth-order valence-electron chi connectivity index (χ4n) is 1.22. The molecule has 1 atom stereocenters. The highest BCUT2D eigenvalue weighted by atomic mass is 79.9. The van der Waals surface area contributed by atoms with Gasteiger partial charge in [0.1, 0.15) is 0 Å². The molecule has 0 aliphatic carbocycles. The number of halogens is 1. The third-order valence-corrected chi connectivity index (χ3v) is 2.48. The molecule has 1 aliphatic rings. The van der Waals surface area contributed by atoms with Gasteiger partial charge in [0.2, 0.25) is 6.29 Å². The van der Waals surface area contributed by atoms with E-state index in [4.69, 9.17) is 9.47 Å². The van der Waals surface area contributed by atoms with Gasteiger partial charge in [-0.15, -0.1) is 0 Å². The molecule has 0 bridgehead atoms. The Kier molecular flexibility index (Phi) is 5.39. The van der Waals surface area contributed by atoms with E-state index in [0.29, 0.717) is 6.42 Å². The van der Waals surface area contributed by atoms with Crippen molar-refractivity contribution in [3.05, 3.63) is 0 Å². The van der Waals surface area contributed by atoms with E-state index < -0.39 is 0 Å². The first-order chi connectivity index (χ1) is 6.33. The predicted octanol–water partition coefficient (Wildman–Crippen LogP) is 2.23. The number of hydrogen-bond donors (Lipinski definition) is 0. The molecule has 0 saturated carbocycles. The van der Waals surface area contributed by atoms with Crippen molar-refractivity contribution in [2.24, 2.45) is 0 Å². The first kappa shape index (κ1) is 11.0. The summed E-state index contributed by atoms with van der Waals surface area (Å²) in [6.07, 6.45) is 4.04. The molecule has 0 amide bonds. The molecule has 76 valence electrons. The van der Waals surface area contributed by atoms with Crippen molar-refractivity contribution in [2.75, 3.05) is 11.9 Å². The SMILES string of the molecule is O=C(CCCBr)OC1CCCCO1. The summed E-state index contributed by atoms with van der Waals surface area (Å²) in [5.41, 5.74) is 0. The summed E-state index contributed by atoms with van der Waals surface area (Å²) in [5.74, 6) is -0.147. The van der Waals surface area contributed by atoms with Crippen LogP contribution in [0.5, 0.6) is 0 Å². The van der Waals surface area contributed by atoms with Crippen molar-refractivity contribution < 1.29 is 14.3 Å². The third kappa shape index (κ3) is 4.62. The molecule has 1 unspecified atom stereocenters. The number of esters is 1. The van der Waals surface area contributed by atoms with Crippen molar-refractivity contribution in [3.8, 4) is 0 Å². The van der Waals surface area contributed by atoms with Crippen LogP contribution in [0.4, 0.5) is 0 Å². The standard InChI is InChI=1S/C9H15BrO3/c10-6-3-4-8(11)13-9-5-1-2-7-12-9/h9H,1-7H2. The second-order valence-corrected chi connectivity index (χ2v) is 3.87. The molecular formula is C9H15BrO3. The van der Waals surface area contributed by atoms with Crippen molar-refractivity contribution in [3.63, 3.8) is 0 Å². The van der Waals surface area contributed by atoms with Crippen LogP contribution in [0.15, 0.2) is 0 Å². The molecular weight excluding hydrogens is 236 g/mol. The van der Waals surface area contributed by atoms with E-state index in [-0.39, 0.29) is 12.3 Å². The highest BCUT2D eigenvalue weighted by molar-refractivity contribution is 9.09. The zero-order valence-electron chi connectivity index (χ0n) is 7.63. The van der Waals surface area contributed by atoms with Crippen molar-refractivity contribution in [1.82, 2.24) is 0 Å². The number of carbonyl (C=O) groups is 1. The van der Waals surface area contributed by atoms with E-state index in [0.717, 1.165) is 37.6 Å². The van der Waals surface area contributed by atoms with Gasteiger partial charge in [0.15, 0.2) is 0 Å². The van der Waals surface area contributed by atoms with Crippen molar-refractivity contribution >= 4 is 21.9 Å². The lowest BCUT2D eigenvalue weighted by Crippen LogP contribution is -2.25. The van der Waals surface area contributed by atoms with Crippen LogP contribution in [0, 0.1) is 0 Å². The lowest BCUT2D eigenvalue weighted by atomic mass is 10.2. The summed E-state index contributed by atoms with van der Waals surface area (Å²) in [4.78, 5) is 11.1. The zero-order chi connectivity index (χ0) is 9.52. The van der Waals surface area contributed by atoms with Crippen LogP contribution in [0.2, 0.25) is 0 Å². The fourth-order valence-corrected chi connectivity index (χ4v) is 1.50. The van der Waals surface area contributed by atoms with Crippen LogP contribution in [0.1, 0.15) is 32.1 Å².